The van der Waals surface area contributed by atoms with Crippen LogP contribution in [0.25, 0.3) is 77.7 Å². The zero-order valence-electron chi connectivity index (χ0n) is 26.4. The van der Waals surface area contributed by atoms with Crippen molar-refractivity contribution in [2.24, 2.45) is 0 Å². The summed E-state index contributed by atoms with van der Waals surface area (Å²) in [5.74, 6) is 0.725. The van der Waals surface area contributed by atoms with E-state index in [9.17, 15) is 0 Å². The maximum absolute atomic E-state index is 5.15. The summed E-state index contributed by atoms with van der Waals surface area (Å²) in [5, 5.41) is 4.96. The summed E-state index contributed by atoms with van der Waals surface area (Å²) < 4.78 is 0. The highest BCUT2D eigenvalue weighted by atomic mass is 14.9. The van der Waals surface area contributed by atoms with Crippen LogP contribution in [0.2, 0.25) is 0 Å². The number of rotatable bonds is 4. The highest BCUT2D eigenvalue weighted by Gasteiger charge is 2.35. The van der Waals surface area contributed by atoms with Gasteiger partial charge in [-0.15, -0.1) is 0 Å². The largest absolute Gasteiger partial charge is 0.228 e. The average Bonchev–Trinajstić information content (AvgIpc) is 3.35. The molecule has 0 atom stereocenters. The Kier molecular flexibility index (Phi) is 6.20. The van der Waals surface area contributed by atoms with E-state index in [-0.39, 0.29) is 5.41 Å². The van der Waals surface area contributed by atoms with E-state index in [0.29, 0.717) is 0 Å². The van der Waals surface area contributed by atoms with E-state index in [0.717, 1.165) is 33.9 Å². The molecule has 2 nitrogen and oxygen atoms in total. The van der Waals surface area contributed by atoms with Crippen molar-refractivity contribution in [3.63, 3.8) is 0 Å². The minimum atomic E-state index is -0.0565. The molecule has 8 aromatic rings. The molecule has 0 fully saturated rings. The zero-order chi connectivity index (χ0) is 31.5. The molecule has 0 unspecified atom stereocenters. The van der Waals surface area contributed by atoms with E-state index in [1.54, 1.807) is 0 Å². The Morgan fingerprint density at radius 2 is 0.957 bits per heavy atom. The van der Waals surface area contributed by atoms with Gasteiger partial charge in [0.05, 0.1) is 11.4 Å². The highest BCUT2D eigenvalue weighted by Crippen LogP contribution is 2.51. The van der Waals surface area contributed by atoms with Gasteiger partial charge in [0.1, 0.15) is 0 Å². The molecule has 2 heteroatoms. The molecule has 1 aliphatic carbocycles. The Bertz CT molecular complexity index is 2420. The van der Waals surface area contributed by atoms with Crippen LogP contribution in [0.1, 0.15) is 25.0 Å². The first kappa shape index (κ1) is 27.5. The number of nitrogens with zero attached hydrogens (tertiary/aromatic N) is 2. The van der Waals surface area contributed by atoms with Crippen LogP contribution in [0.3, 0.4) is 0 Å². The minimum absolute atomic E-state index is 0.0565. The summed E-state index contributed by atoms with van der Waals surface area (Å²) in [6.07, 6.45) is 0. The third kappa shape index (κ3) is 4.48. The van der Waals surface area contributed by atoms with E-state index in [4.69, 9.17) is 9.97 Å². The molecule has 0 saturated heterocycles. The predicted molar refractivity (Wildman–Crippen MR) is 196 cm³/mol. The van der Waals surface area contributed by atoms with E-state index < -0.39 is 0 Å². The van der Waals surface area contributed by atoms with Gasteiger partial charge < -0.3 is 0 Å². The molecule has 7 aromatic carbocycles. The SMILES string of the molecule is CC1(C)c2ccc(-c3ccc(-c4cc(-c5ccccc5)nc(-c5ccccc5)n4)c4ccccc34)cc2-c2cc3ccccc3cc21. The summed E-state index contributed by atoms with van der Waals surface area (Å²) >= 11 is 0. The predicted octanol–water partition coefficient (Wildman–Crippen LogP) is 11.8. The Morgan fingerprint density at radius 3 is 1.70 bits per heavy atom. The molecule has 0 N–H and O–H groups in total. The van der Waals surface area contributed by atoms with Crippen LogP contribution in [0.15, 0.2) is 158 Å². The quantitative estimate of drug-likeness (QED) is 0.201. The molecule has 0 spiro atoms. The van der Waals surface area contributed by atoms with Crippen LogP contribution >= 0.6 is 0 Å². The van der Waals surface area contributed by atoms with Gasteiger partial charge in [0.25, 0.3) is 0 Å². The van der Waals surface area contributed by atoms with E-state index in [1.807, 2.05) is 24.3 Å². The molecule has 0 bridgehead atoms. The van der Waals surface area contributed by atoms with Crippen molar-refractivity contribution in [2.75, 3.05) is 0 Å². The standard InChI is InChI=1S/C45H32N2/c1-45(2)40-24-21-33(26-38(40)39-25-31-17-9-10-18-32(31)27-41(39)45)34-22-23-37(36-20-12-11-19-35(34)36)43-28-42(29-13-5-3-6-14-29)46-44(47-43)30-15-7-4-8-16-30/h3-28H,1-2H3. The van der Waals surface area contributed by atoms with Gasteiger partial charge in [-0.25, -0.2) is 9.97 Å². The molecular formula is C45H32N2. The second kappa shape index (κ2) is 10.6. The average molecular weight is 601 g/mol. The Morgan fingerprint density at radius 1 is 0.383 bits per heavy atom. The van der Waals surface area contributed by atoms with Gasteiger partial charge in [0, 0.05) is 22.1 Å². The monoisotopic (exact) mass is 600 g/mol. The molecule has 0 aliphatic heterocycles. The topological polar surface area (TPSA) is 25.8 Å². The maximum Gasteiger partial charge on any atom is 0.160 e. The summed E-state index contributed by atoms with van der Waals surface area (Å²) in [7, 11) is 0. The third-order valence-corrected chi connectivity index (χ3v) is 9.88. The molecule has 47 heavy (non-hydrogen) atoms. The van der Waals surface area contributed by atoms with E-state index in [2.05, 4.69) is 147 Å². The van der Waals surface area contributed by atoms with Crippen molar-refractivity contribution >= 4 is 21.5 Å². The fourth-order valence-electron chi connectivity index (χ4n) is 7.44. The lowest BCUT2D eigenvalue weighted by molar-refractivity contribution is 0.661. The molecular weight excluding hydrogens is 569 g/mol. The molecule has 0 radical (unpaired) electrons. The third-order valence-electron chi connectivity index (χ3n) is 9.88. The van der Waals surface area contributed by atoms with Gasteiger partial charge >= 0.3 is 0 Å². The first-order chi connectivity index (χ1) is 23.0. The lowest BCUT2D eigenvalue weighted by Gasteiger charge is -2.22. The Balaban J connectivity index is 1.22. The van der Waals surface area contributed by atoms with Crippen molar-refractivity contribution in [2.45, 2.75) is 19.3 Å². The summed E-state index contributed by atoms with van der Waals surface area (Å²) in [5.41, 5.74) is 12.8. The van der Waals surface area contributed by atoms with Crippen LogP contribution in [-0.2, 0) is 5.41 Å². The van der Waals surface area contributed by atoms with Gasteiger partial charge in [0.15, 0.2) is 5.82 Å². The second-order valence-corrected chi connectivity index (χ2v) is 13.0. The van der Waals surface area contributed by atoms with Crippen molar-refractivity contribution in [1.29, 1.82) is 0 Å². The molecule has 1 heterocycles. The lowest BCUT2D eigenvalue weighted by Crippen LogP contribution is -2.14. The molecule has 9 rings (SSSR count). The van der Waals surface area contributed by atoms with Crippen LogP contribution in [0.5, 0.6) is 0 Å². The summed E-state index contributed by atoms with van der Waals surface area (Å²) in [6, 6.07) is 56.5. The zero-order valence-corrected chi connectivity index (χ0v) is 26.4. The smallest absolute Gasteiger partial charge is 0.160 e. The highest BCUT2D eigenvalue weighted by molar-refractivity contribution is 6.05. The summed E-state index contributed by atoms with van der Waals surface area (Å²) in [4.78, 5) is 10.2. The fourth-order valence-corrected chi connectivity index (χ4v) is 7.44. The van der Waals surface area contributed by atoms with Crippen LogP contribution < -0.4 is 0 Å². The maximum atomic E-state index is 5.15. The first-order valence-corrected chi connectivity index (χ1v) is 16.3. The van der Waals surface area contributed by atoms with Crippen molar-refractivity contribution < 1.29 is 0 Å². The molecule has 0 saturated carbocycles. The first-order valence-electron chi connectivity index (χ1n) is 16.3. The lowest BCUT2D eigenvalue weighted by atomic mass is 9.81. The second-order valence-electron chi connectivity index (χ2n) is 13.0. The fraction of sp³-hybridized carbons (Fsp3) is 0.0667. The van der Waals surface area contributed by atoms with Gasteiger partial charge in [-0.3, -0.25) is 0 Å². The normalized spacial score (nSPS) is 13.1. The Labute approximate surface area is 275 Å². The van der Waals surface area contributed by atoms with Crippen LogP contribution in [0, 0.1) is 0 Å². The number of benzene rings is 7. The van der Waals surface area contributed by atoms with Gasteiger partial charge in [-0.2, -0.15) is 0 Å². The molecule has 222 valence electrons. The minimum Gasteiger partial charge on any atom is -0.228 e. The van der Waals surface area contributed by atoms with Crippen molar-refractivity contribution in [3.05, 3.63) is 169 Å². The molecule has 1 aromatic heterocycles. The molecule has 0 amide bonds. The van der Waals surface area contributed by atoms with Crippen molar-refractivity contribution in [1.82, 2.24) is 9.97 Å². The number of fused-ring (bicyclic) bond motifs is 5. The summed E-state index contributed by atoms with van der Waals surface area (Å²) in [6.45, 7) is 4.71. The van der Waals surface area contributed by atoms with Gasteiger partial charge in [0.2, 0.25) is 0 Å². The number of hydrogen-bond donors (Lipinski definition) is 0. The van der Waals surface area contributed by atoms with Crippen LogP contribution in [0.4, 0.5) is 0 Å². The van der Waals surface area contributed by atoms with E-state index in [1.165, 1.54) is 54.9 Å². The molecule has 1 aliphatic rings. The Hall–Kier alpha value is -5.86. The van der Waals surface area contributed by atoms with Crippen LogP contribution in [-0.4, -0.2) is 9.97 Å². The van der Waals surface area contributed by atoms with E-state index >= 15 is 0 Å². The van der Waals surface area contributed by atoms with Gasteiger partial charge in [-0.1, -0.05) is 147 Å². The number of aromatic nitrogens is 2. The van der Waals surface area contributed by atoms with Crippen molar-refractivity contribution in [3.8, 4) is 56.2 Å². The van der Waals surface area contributed by atoms with Gasteiger partial charge in [-0.05, 0) is 79.2 Å². The number of hydrogen-bond acceptors (Lipinski definition) is 2.